The van der Waals surface area contributed by atoms with Gasteiger partial charge in [0.2, 0.25) is 0 Å². The molecule has 0 N–H and O–H groups in total. The molecule has 0 aromatic heterocycles. The largest absolute Gasteiger partial charge is 0.466 e. The molecule has 0 saturated carbocycles. The van der Waals surface area contributed by atoms with Crippen LogP contribution in [0.2, 0.25) is 0 Å². The number of hydrogen-bond donors (Lipinski definition) is 0. The first-order chi connectivity index (χ1) is 9.99. The van der Waals surface area contributed by atoms with Crippen molar-refractivity contribution in [3.63, 3.8) is 0 Å². The van der Waals surface area contributed by atoms with Crippen LogP contribution in [0.5, 0.6) is 0 Å². The molecule has 1 aliphatic rings. The highest BCUT2D eigenvalue weighted by Crippen LogP contribution is 2.31. The van der Waals surface area contributed by atoms with Crippen LogP contribution < -0.4 is 4.90 Å². The summed E-state index contributed by atoms with van der Waals surface area (Å²) in [7, 11) is 1.31. The number of carbonyl (C=O) groups is 3. The van der Waals surface area contributed by atoms with E-state index in [0.717, 1.165) is 4.47 Å². The fourth-order valence-corrected chi connectivity index (χ4v) is 2.50. The van der Waals surface area contributed by atoms with E-state index in [1.165, 1.54) is 12.0 Å². The third-order valence-corrected chi connectivity index (χ3v) is 3.78. The zero-order valence-corrected chi connectivity index (χ0v) is 13.3. The Morgan fingerprint density at radius 1 is 1.38 bits per heavy atom. The number of methoxy groups -OCH3 is 1. The minimum Gasteiger partial charge on any atom is -0.466 e. The summed E-state index contributed by atoms with van der Waals surface area (Å²) in [5.41, 5.74) is 1.41. The fourth-order valence-electron chi connectivity index (χ4n) is 2.15. The van der Waals surface area contributed by atoms with Gasteiger partial charge in [-0.2, -0.15) is 0 Å². The van der Waals surface area contributed by atoms with Crippen molar-refractivity contribution >= 4 is 39.3 Å². The van der Waals surface area contributed by atoms with E-state index < -0.39 is 17.7 Å². The summed E-state index contributed by atoms with van der Waals surface area (Å²) in [6, 6.07) is 5.05. The van der Waals surface area contributed by atoms with Crippen LogP contribution in [-0.2, 0) is 14.3 Å². The molecule has 1 aromatic carbocycles. The second-order valence-corrected chi connectivity index (χ2v) is 5.40. The van der Waals surface area contributed by atoms with Gasteiger partial charge in [-0.15, -0.1) is 0 Å². The summed E-state index contributed by atoms with van der Waals surface area (Å²) in [5.74, 6) is -1.54. The van der Waals surface area contributed by atoms with Gasteiger partial charge in [0.15, 0.2) is 0 Å². The number of anilines is 1. The molecule has 0 atom stereocenters. The molecule has 110 valence electrons. The number of rotatable bonds is 4. The topological polar surface area (TPSA) is 63.7 Å². The normalized spacial score (nSPS) is 14.4. The molecular weight excluding hydrogens is 338 g/mol. The minimum absolute atomic E-state index is 0.159. The Labute approximate surface area is 130 Å². The maximum Gasteiger partial charge on any atom is 0.333 e. The van der Waals surface area contributed by atoms with Crippen molar-refractivity contribution in [3.05, 3.63) is 39.9 Å². The minimum atomic E-state index is -0.584. The Morgan fingerprint density at radius 2 is 2.10 bits per heavy atom. The Hall–Kier alpha value is -1.95. The number of fused-ring (bicyclic) bond motifs is 1. The zero-order chi connectivity index (χ0) is 15.6. The highest BCUT2D eigenvalue weighted by atomic mass is 79.9. The van der Waals surface area contributed by atoms with Crippen molar-refractivity contribution in [1.82, 2.24) is 0 Å². The first-order valence-corrected chi connectivity index (χ1v) is 7.22. The van der Waals surface area contributed by atoms with Gasteiger partial charge in [0.25, 0.3) is 11.7 Å². The number of amides is 1. The molecule has 2 rings (SSSR count). The molecule has 6 heteroatoms. The van der Waals surface area contributed by atoms with Gasteiger partial charge in [-0.05, 0) is 24.6 Å². The van der Waals surface area contributed by atoms with Gasteiger partial charge in [0, 0.05) is 16.6 Å². The van der Waals surface area contributed by atoms with Crippen molar-refractivity contribution in [3.8, 4) is 0 Å². The van der Waals surface area contributed by atoms with E-state index in [1.54, 1.807) is 24.3 Å². The summed E-state index contributed by atoms with van der Waals surface area (Å²) in [4.78, 5) is 36.8. The Balaban J connectivity index is 2.31. The van der Waals surface area contributed by atoms with Crippen molar-refractivity contribution in [2.24, 2.45) is 0 Å². The van der Waals surface area contributed by atoms with Gasteiger partial charge >= 0.3 is 5.97 Å². The standard InChI is InChI=1S/C15H14BrNO4/c1-3-9(15(20)21-2)6-7-17-12-8-10(16)4-5-11(12)13(18)14(17)19/h4-6,8H,3,7H2,1-2H3. The molecule has 21 heavy (non-hydrogen) atoms. The number of esters is 1. The van der Waals surface area contributed by atoms with Crippen LogP contribution >= 0.6 is 15.9 Å². The second-order valence-electron chi connectivity index (χ2n) is 4.48. The van der Waals surface area contributed by atoms with Gasteiger partial charge in [0.05, 0.1) is 18.4 Å². The quantitative estimate of drug-likeness (QED) is 0.475. The summed E-state index contributed by atoms with van der Waals surface area (Å²) in [6.45, 7) is 1.98. The lowest BCUT2D eigenvalue weighted by Crippen LogP contribution is -2.30. The number of hydrogen-bond acceptors (Lipinski definition) is 4. The monoisotopic (exact) mass is 351 g/mol. The Kier molecular flexibility index (Phi) is 4.57. The number of nitrogens with zero attached hydrogens (tertiary/aromatic N) is 1. The molecule has 1 aliphatic heterocycles. The number of ketones is 1. The number of halogens is 1. The van der Waals surface area contributed by atoms with E-state index in [9.17, 15) is 14.4 Å². The van der Waals surface area contributed by atoms with Crippen LogP contribution in [-0.4, -0.2) is 31.3 Å². The van der Waals surface area contributed by atoms with Gasteiger partial charge in [-0.3, -0.25) is 9.59 Å². The van der Waals surface area contributed by atoms with Crippen LogP contribution in [0.3, 0.4) is 0 Å². The lowest BCUT2D eigenvalue weighted by Gasteiger charge is -2.15. The van der Waals surface area contributed by atoms with Gasteiger partial charge < -0.3 is 9.64 Å². The maximum atomic E-state index is 12.0. The number of benzene rings is 1. The van der Waals surface area contributed by atoms with E-state index in [0.29, 0.717) is 23.2 Å². The van der Waals surface area contributed by atoms with Crippen molar-refractivity contribution in [2.75, 3.05) is 18.6 Å². The van der Waals surface area contributed by atoms with E-state index in [-0.39, 0.29) is 6.54 Å². The van der Waals surface area contributed by atoms with Gasteiger partial charge in [0.1, 0.15) is 0 Å². The number of Topliss-reactive ketones (excluding diaryl/α,β-unsaturated/α-hetero) is 1. The molecule has 1 aromatic rings. The summed E-state index contributed by atoms with van der Waals surface area (Å²) < 4.78 is 5.45. The van der Waals surface area contributed by atoms with Crippen LogP contribution in [0, 0.1) is 0 Å². The summed E-state index contributed by atoms with van der Waals surface area (Å²) in [5, 5.41) is 0. The average Bonchev–Trinajstić information content (AvgIpc) is 2.71. The lowest BCUT2D eigenvalue weighted by atomic mass is 10.1. The average molecular weight is 352 g/mol. The van der Waals surface area contributed by atoms with Crippen LogP contribution in [0.25, 0.3) is 0 Å². The first-order valence-electron chi connectivity index (χ1n) is 6.42. The molecular formula is C15H14BrNO4. The van der Waals surface area contributed by atoms with E-state index in [1.807, 2.05) is 6.92 Å². The molecule has 1 heterocycles. The van der Waals surface area contributed by atoms with E-state index >= 15 is 0 Å². The maximum absolute atomic E-state index is 12.0. The SMILES string of the molecule is CCC(=CCN1C(=O)C(=O)c2ccc(Br)cc21)C(=O)OC. The van der Waals surface area contributed by atoms with Gasteiger partial charge in [-0.1, -0.05) is 28.9 Å². The molecule has 0 saturated heterocycles. The van der Waals surface area contributed by atoms with E-state index in [2.05, 4.69) is 20.7 Å². The summed E-state index contributed by atoms with van der Waals surface area (Å²) >= 11 is 3.32. The number of carbonyl (C=O) groups excluding carboxylic acids is 3. The second kappa shape index (κ2) is 6.22. The summed E-state index contributed by atoms with van der Waals surface area (Å²) in [6.07, 6.45) is 2.11. The molecule has 0 unspecified atom stereocenters. The fraction of sp³-hybridized carbons (Fsp3) is 0.267. The third kappa shape index (κ3) is 2.90. The highest BCUT2D eigenvalue weighted by molar-refractivity contribution is 9.10. The van der Waals surface area contributed by atoms with Crippen molar-refractivity contribution in [2.45, 2.75) is 13.3 Å². The van der Waals surface area contributed by atoms with Gasteiger partial charge in [-0.25, -0.2) is 4.79 Å². The van der Waals surface area contributed by atoms with Crippen LogP contribution in [0.1, 0.15) is 23.7 Å². The molecule has 5 nitrogen and oxygen atoms in total. The predicted molar refractivity (Wildman–Crippen MR) is 81.2 cm³/mol. The van der Waals surface area contributed by atoms with E-state index in [4.69, 9.17) is 0 Å². The Morgan fingerprint density at radius 3 is 2.71 bits per heavy atom. The Bertz CT molecular complexity index is 651. The number of ether oxygens (including phenoxy) is 1. The third-order valence-electron chi connectivity index (χ3n) is 3.28. The molecule has 0 bridgehead atoms. The molecule has 0 spiro atoms. The molecule has 0 fully saturated rings. The van der Waals surface area contributed by atoms with Crippen molar-refractivity contribution < 1.29 is 19.1 Å². The first kappa shape index (κ1) is 15.4. The molecule has 1 amide bonds. The van der Waals surface area contributed by atoms with Crippen molar-refractivity contribution in [1.29, 1.82) is 0 Å². The molecule has 0 radical (unpaired) electrons. The van der Waals surface area contributed by atoms with Crippen LogP contribution in [0.15, 0.2) is 34.3 Å². The highest BCUT2D eigenvalue weighted by Gasteiger charge is 2.35. The van der Waals surface area contributed by atoms with Crippen LogP contribution in [0.4, 0.5) is 5.69 Å². The predicted octanol–water partition coefficient (Wildman–Crippen LogP) is 2.49. The lowest BCUT2D eigenvalue weighted by molar-refractivity contribution is -0.136. The smallest absolute Gasteiger partial charge is 0.333 e. The zero-order valence-electron chi connectivity index (χ0n) is 11.7. The molecule has 0 aliphatic carbocycles.